The molecule has 0 aromatic heterocycles. The van der Waals surface area contributed by atoms with E-state index in [1.54, 1.807) is 0 Å². The van der Waals surface area contributed by atoms with Gasteiger partial charge >= 0.3 is 0 Å². The number of ketones is 1. The van der Waals surface area contributed by atoms with Crippen LogP contribution in [0.5, 0.6) is 0 Å². The second-order valence-electron chi connectivity index (χ2n) is 6.33. The molecule has 4 nitrogen and oxygen atoms in total. The van der Waals surface area contributed by atoms with E-state index in [0.717, 1.165) is 50.4 Å². The third-order valence-electron chi connectivity index (χ3n) is 4.68. The van der Waals surface area contributed by atoms with Gasteiger partial charge in [0.25, 0.3) is 0 Å². The Bertz CT molecular complexity index is 482. The molecule has 1 aliphatic rings. The molecule has 1 saturated heterocycles. The van der Waals surface area contributed by atoms with Crippen molar-refractivity contribution in [3.05, 3.63) is 35.4 Å². The molecule has 1 aliphatic heterocycles. The average Bonchev–Trinajstić information content (AvgIpc) is 2.61. The molecule has 128 valence electrons. The monoisotopic (exact) mass is 318 g/mol. The van der Waals surface area contributed by atoms with Gasteiger partial charge in [-0.25, -0.2) is 0 Å². The maximum absolute atomic E-state index is 12.3. The fraction of sp³-hybridized carbons (Fsp3) is 0.632. The molecule has 0 radical (unpaired) electrons. The van der Waals surface area contributed by atoms with E-state index in [0.29, 0.717) is 18.9 Å². The largest absolute Gasteiger partial charge is 0.381 e. The molecule has 0 unspecified atom stereocenters. The van der Waals surface area contributed by atoms with Gasteiger partial charge in [0.15, 0.2) is 5.78 Å². The van der Waals surface area contributed by atoms with E-state index in [9.17, 15) is 4.79 Å². The minimum absolute atomic E-state index is 0.220. The van der Waals surface area contributed by atoms with Crippen LogP contribution in [0.3, 0.4) is 0 Å². The number of Topliss-reactive ketones (excluding diaryl/α,β-unsaturated/α-hetero) is 1. The molecular weight excluding hydrogens is 288 g/mol. The van der Waals surface area contributed by atoms with Crippen LogP contribution in [0.2, 0.25) is 0 Å². The fourth-order valence-corrected chi connectivity index (χ4v) is 3.23. The number of likely N-dealkylation sites (tertiary alicyclic amines) is 1. The SMILES string of the molecule is CCOCC1CCN(CCCC(=O)c2ccccc2CN)CC1. The summed E-state index contributed by atoms with van der Waals surface area (Å²) >= 11 is 0. The van der Waals surface area contributed by atoms with Crippen LogP contribution in [0.4, 0.5) is 0 Å². The van der Waals surface area contributed by atoms with E-state index in [1.165, 1.54) is 12.8 Å². The summed E-state index contributed by atoms with van der Waals surface area (Å²) in [5.41, 5.74) is 7.46. The van der Waals surface area contributed by atoms with Crippen molar-refractivity contribution in [3.63, 3.8) is 0 Å². The van der Waals surface area contributed by atoms with Crippen molar-refractivity contribution < 1.29 is 9.53 Å². The second-order valence-corrected chi connectivity index (χ2v) is 6.33. The van der Waals surface area contributed by atoms with Gasteiger partial charge in [-0.2, -0.15) is 0 Å². The van der Waals surface area contributed by atoms with Gasteiger partial charge in [0.2, 0.25) is 0 Å². The number of carbonyl (C=O) groups excluding carboxylic acids is 1. The average molecular weight is 318 g/mol. The molecule has 0 spiro atoms. The van der Waals surface area contributed by atoms with Crippen LogP contribution < -0.4 is 5.73 Å². The summed E-state index contributed by atoms with van der Waals surface area (Å²) in [4.78, 5) is 14.8. The van der Waals surface area contributed by atoms with Crippen LogP contribution >= 0.6 is 0 Å². The van der Waals surface area contributed by atoms with Gasteiger partial charge in [0, 0.05) is 31.7 Å². The van der Waals surface area contributed by atoms with Crippen molar-refractivity contribution in [3.8, 4) is 0 Å². The summed E-state index contributed by atoms with van der Waals surface area (Å²) in [6, 6.07) is 7.68. The Morgan fingerprint density at radius 2 is 2.04 bits per heavy atom. The lowest BCUT2D eigenvalue weighted by molar-refractivity contribution is 0.0733. The Morgan fingerprint density at radius 3 is 2.74 bits per heavy atom. The number of ether oxygens (including phenoxy) is 1. The predicted molar refractivity (Wildman–Crippen MR) is 93.6 cm³/mol. The number of hydrogen-bond donors (Lipinski definition) is 1. The first-order valence-corrected chi connectivity index (χ1v) is 8.85. The van der Waals surface area contributed by atoms with Gasteiger partial charge < -0.3 is 15.4 Å². The fourth-order valence-electron chi connectivity index (χ4n) is 3.23. The van der Waals surface area contributed by atoms with Gasteiger partial charge in [-0.15, -0.1) is 0 Å². The van der Waals surface area contributed by atoms with E-state index in [-0.39, 0.29) is 5.78 Å². The summed E-state index contributed by atoms with van der Waals surface area (Å²) in [7, 11) is 0. The lowest BCUT2D eigenvalue weighted by atomic mass is 9.97. The molecule has 23 heavy (non-hydrogen) atoms. The number of benzene rings is 1. The third kappa shape index (κ3) is 5.72. The van der Waals surface area contributed by atoms with Crippen molar-refractivity contribution >= 4 is 5.78 Å². The Morgan fingerprint density at radius 1 is 1.30 bits per heavy atom. The van der Waals surface area contributed by atoms with Crippen LogP contribution in [0.1, 0.15) is 48.5 Å². The van der Waals surface area contributed by atoms with E-state index >= 15 is 0 Å². The summed E-state index contributed by atoms with van der Waals surface area (Å²) in [6.07, 6.45) is 3.96. The van der Waals surface area contributed by atoms with Crippen LogP contribution in [0, 0.1) is 5.92 Å². The second kappa shape index (κ2) is 9.81. The standard InChI is InChI=1S/C19H30N2O2/c1-2-23-15-16-9-12-21(13-10-16)11-5-8-19(22)18-7-4-3-6-17(18)14-20/h3-4,6-7,16H,2,5,8-15,20H2,1H3. The van der Waals surface area contributed by atoms with E-state index < -0.39 is 0 Å². The molecule has 1 aromatic rings. The van der Waals surface area contributed by atoms with Crippen molar-refractivity contribution in [1.29, 1.82) is 0 Å². The molecule has 0 amide bonds. The van der Waals surface area contributed by atoms with Gasteiger partial charge in [-0.1, -0.05) is 24.3 Å². The number of piperidine rings is 1. The number of hydrogen-bond acceptors (Lipinski definition) is 4. The Balaban J connectivity index is 1.68. The van der Waals surface area contributed by atoms with Crippen molar-refractivity contribution in [2.75, 3.05) is 32.8 Å². The first kappa shape index (κ1) is 18.1. The zero-order chi connectivity index (χ0) is 16.5. The van der Waals surface area contributed by atoms with Crippen LogP contribution in [-0.2, 0) is 11.3 Å². The highest BCUT2D eigenvalue weighted by atomic mass is 16.5. The Kier molecular flexibility index (Phi) is 7.72. The highest BCUT2D eigenvalue weighted by molar-refractivity contribution is 5.97. The molecular formula is C19H30N2O2. The molecule has 1 aromatic carbocycles. The summed E-state index contributed by atoms with van der Waals surface area (Å²) in [5.74, 6) is 0.932. The third-order valence-corrected chi connectivity index (χ3v) is 4.68. The van der Waals surface area contributed by atoms with Gasteiger partial charge in [0.05, 0.1) is 0 Å². The topological polar surface area (TPSA) is 55.6 Å². The lowest BCUT2D eigenvalue weighted by Gasteiger charge is -2.31. The minimum Gasteiger partial charge on any atom is -0.381 e. The van der Waals surface area contributed by atoms with Crippen LogP contribution in [0.25, 0.3) is 0 Å². The summed E-state index contributed by atoms with van der Waals surface area (Å²) < 4.78 is 5.52. The maximum Gasteiger partial charge on any atom is 0.163 e. The highest BCUT2D eigenvalue weighted by Gasteiger charge is 2.19. The number of carbonyl (C=O) groups is 1. The van der Waals surface area contributed by atoms with Crippen molar-refractivity contribution in [2.24, 2.45) is 11.7 Å². The minimum atomic E-state index is 0.220. The number of rotatable bonds is 9. The van der Waals surface area contributed by atoms with Crippen molar-refractivity contribution in [2.45, 2.75) is 39.2 Å². The molecule has 0 atom stereocenters. The Hall–Kier alpha value is -1.23. The van der Waals surface area contributed by atoms with Gasteiger partial charge in [-0.05, 0) is 57.3 Å². The molecule has 2 rings (SSSR count). The molecule has 4 heteroatoms. The Labute approximate surface area is 140 Å². The van der Waals surface area contributed by atoms with E-state index in [4.69, 9.17) is 10.5 Å². The normalized spacial score (nSPS) is 16.6. The zero-order valence-electron chi connectivity index (χ0n) is 14.3. The van der Waals surface area contributed by atoms with E-state index in [1.807, 2.05) is 24.3 Å². The summed E-state index contributed by atoms with van der Waals surface area (Å²) in [5, 5.41) is 0. The first-order chi connectivity index (χ1) is 11.2. The maximum atomic E-state index is 12.3. The number of nitrogens with zero attached hydrogens (tertiary/aromatic N) is 1. The lowest BCUT2D eigenvalue weighted by Crippen LogP contribution is -2.35. The molecule has 1 heterocycles. The molecule has 0 saturated carbocycles. The van der Waals surface area contributed by atoms with Gasteiger partial charge in [-0.3, -0.25) is 4.79 Å². The predicted octanol–water partition coefficient (Wildman–Crippen LogP) is 2.86. The zero-order valence-corrected chi connectivity index (χ0v) is 14.3. The molecule has 2 N–H and O–H groups in total. The van der Waals surface area contributed by atoms with Crippen LogP contribution in [-0.4, -0.2) is 43.5 Å². The molecule has 0 bridgehead atoms. The van der Waals surface area contributed by atoms with E-state index in [2.05, 4.69) is 11.8 Å². The number of nitrogens with two attached hydrogens (primary N) is 1. The van der Waals surface area contributed by atoms with Crippen LogP contribution in [0.15, 0.2) is 24.3 Å². The quantitative estimate of drug-likeness (QED) is 0.711. The van der Waals surface area contributed by atoms with Gasteiger partial charge in [0.1, 0.15) is 0 Å². The smallest absolute Gasteiger partial charge is 0.163 e. The molecule has 0 aliphatic carbocycles. The highest BCUT2D eigenvalue weighted by Crippen LogP contribution is 2.18. The first-order valence-electron chi connectivity index (χ1n) is 8.85. The van der Waals surface area contributed by atoms with Crippen molar-refractivity contribution in [1.82, 2.24) is 4.90 Å². The summed E-state index contributed by atoms with van der Waals surface area (Å²) in [6.45, 7) is 7.46. The molecule has 1 fully saturated rings.